The zero-order chi connectivity index (χ0) is 27.5. The summed E-state index contributed by atoms with van der Waals surface area (Å²) < 4.78 is 11.3. The Morgan fingerprint density at radius 2 is 1.97 bits per heavy atom. The fraction of sp³-hybridized carbons (Fsp3) is 0.667. The molecule has 2 aliphatic carbocycles. The second-order valence-electron chi connectivity index (χ2n) is 12.1. The van der Waals surface area contributed by atoms with Gasteiger partial charge in [0, 0.05) is 24.0 Å². The summed E-state index contributed by atoms with van der Waals surface area (Å²) in [5, 5.41) is 21.3. The van der Waals surface area contributed by atoms with Crippen LogP contribution in [0.4, 0.5) is 5.69 Å². The lowest BCUT2D eigenvalue weighted by Crippen LogP contribution is -2.50. The Kier molecular flexibility index (Phi) is 9.03. The highest BCUT2D eigenvalue weighted by Crippen LogP contribution is 2.40. The highest BCUT2D eigenvalue weighted by Gasteiger charge is 2.41. The highest BCUT2D eigenvalue weighted by atomic mass is 32.1. The van der Waals surface area contributed by atoms with Crippen molar-refractivity contribution < 1.29 is 29.3 Å². The van der Waals surface area contributed by atoms with Gasteiger partial charge in [0.1, 0.15) is 4.88 Å². The van der Waals surface area contributed by atoms with Gasteiger partial charge in [-0.15, -0.1) is 11.3 Å². The fourth-order valence-electron chi connectivity index (χ4n) is 5.37. The Morgan fingerprint density at radius 3 is 2.55 bits per heavy atom. The summed E-state index contributed by atoms with van der Waals surface area (Å²) in [7, 11) is 0. The van der Waals surface area contributed by atoms with E-state index in [-0.39, 0.29) is 40.9 Å². The maximum absolute atomic E-state index is 14.0. The van der Waals surface area contributed by atoms with Crippen molar-refractivity contribution in [2.75, 3.05) is 24.7 Å². The predicted octanol–water partition coefficient (Wildman–Crippen LogP) is 5.40. The van der Waals surface area contributed by atoms with Crippen molar-refractivity contribution >= 4 is 28.9 Å². The Bertz CT molecular complexity index is 1110. The number of carbonyl (C=O) groups excluding carboxylic acids is 1. The van der Waals surface area contributed by atoms with E-state index in [0.717, 1.165) is 30.6 Å². The molecule has 2 N–H and O–H groups in total. The van der Waals surface area contributed by atoms with Crippen LogP contribution in [0.3, 0.4) is 0 Å². The van der Waals surface area contributed by atoms with Gasteiger partial charge in [0.15, 0.2) is 0 Å². The largest absolute Gasteiger partial charge is 0.477 e. The molecule has 2 fully saturated rings. The lowest BCUT2D eigenvalue weighted by molar-refractivity contribution is -0.124. The van der Waals surface area contributed by atoms with E-state index in [1.54, 1.807) is 11.0 Å². The number of amides is 1. The maximum atomic E-state index is 14.0. The molecule has 1 aromatic rings. The van der Waals surface area contributed by atoms with Crippen LogP contribution in [0.15, 0.2) is 17.7 Å². The molecule has 2 atom stereocenters. The molecule has 3 aliphatic rings. The first-order chi connectivity index (χ1) is 17.9. The molecule has 0 aromatic carbocycles. The van der Waals surface area contributed by atoms with Crippen molar-refractivity contribution in [3.8, 4) is 11.8 Å². The molecule has 1 aliphatic heterocycles. The van der Waals surface area contributed by atoms with Gasteiger partial charge in [0.05, 0.1) is 35.5 Å². The van der Waals surface area contributed by atoms with Crippen LogP contribution in [-0.2, 0) is 14.3 Å². The number of carboxylic acid groups (broad SMARTS) is 1. The van der Waals surface area contributed by atoms with Crippen LogP contribution in [0.25, 0.3) is 0 Å². The van der Waals surface area contributed by atoms with E-state index in [0.29, 0.717) is 55.9 Å². The quantitative estimate of drug-likeness (QED) is 0.353. The molecule has 1 saturated heterocycles. The first-order valence-corrected chi connectivity index (χ1v) is 14.6. The number of carbonyl (C=O) groups is 2. The molecule has 208 valence electrons. The number of anilines is 1. The van der Waals surface area contributed by atoms with Gasteiger partial charge < -0.3 is 24.6 Å². The number of aromatic carboxylic acids is 1. The minimum atomic E-state index is -1.05. The fourth-order valence-corrected chi connectivity index (χ4v) is 6.21. The van der Waals surface area contributed by atoms with Gasteiger partial charge in [0.2, 0.25) is 5.91 Å². The number of thiophene rings is 1. The van der Waals surface area contributed by atoms with Crippen molar-refractivity contribution in [3.63, 3.8) is 0 Å². The smallest absolute Gasteiger partial charge is 0.348 e. The Balaban J connectivity index is 1.60. The molecular weight excluding hydrogens is 502 g/mol. The summed E-state index contributed by atoms with van der Waals surface area (Å²) in [4.78, 5) is 28.9. The van der Waals surface area contributed by atoms with Crippen LogP contribution in [0, 0.1) is 23.2 Å². The molecule has 1 aromatic heterocycles. The van der Waals surface area contributed by atoms with Gasteiger partial charge in [-0.05, 0) is 85.1 Å². The van der Waals surface area contributed by atoms with Crippen LogP contribution in [0.5, 0.6) is 0 Å². The summed E-state index contributed by atoms with van der Waals surface area (Å²) in [6.45, 7) is 9.61. The number of ether oxygens (including phenoxy) is 2. The number of allylic oxidation sites excluding steroid dienone is 2. The number of aliphatic hydroxyl groups is 1. The average Bonchev–Trinajstić information content (AvgIpc) is 3.53. The van der Waals surface area contributed by atoms with Crippen molar-refractivity contribution in [2.24, 2.45) is 11.3 Å². The van der Waals surface area contributed by atoms with E-state index in [2.05, 4.69) is 24.8 Å². The molecule has 0 unspecified atom stereocenters. The third-order valence-electron chi connectivity index (χ3n) is 7.68. The number of rotatable bonds is 7. The molecule has 1 amide bonds. The standard InChI is InChI=1S/C30H41NO6S/c1-20-5-7-21(8-6-20)27(32)31(25-17-24(11-13-29(2,3)4)38-26(25)28(33)34)22-9-14-30(35,15-10-22)19-37-23-12-16-36-18-23/h5,17,21-23,35H,6-10,12,14-16,18-19H2,1-4H3,(H,33,34)/t21-,22-,23+,30+/m0/s1. The van der Waals surface area contributed by atoms with Crippen LogP contribution in [-0.4, -0.2) is 59.7 Å². The molecule has 0 spiro atoms. The molecular formula is C30H41NO6S. The van der Waals surface area contributed by atoms with E-state index in [9.17, 15) is 19.8 Å². The number of carboxylic acids is 1. The first kappa shape index (κ1) is 28.8. The van der Waals surface area contributed by atoms with Crippen molar-refractivity contribution in [1.29, 1.82) is 0 Å². The second kappa shape index (κ2) is 11.9. The molecule has 4 rings (SSSR count). The zero-order valence-corrected chi connectivity index (χ0v) is 23.9. The van der Waals surface area contributed by atoms with E-state index in [1.165, 1.54) is 5.57 Å². The minimum Gasteiger partial charge on any atom is -0.477 e. The third-order valence-corrected chi connectivity index (χ3v) is 8.71. The van der Waals surface area contributed by atoms with Crippen molar-refractivity contribution in [3.05, 3.63) is 27.5 Å². The van der Waals surface area contributed by atoms with Gasteiger partial charge in [-0.3, -0.25) is 4.79 Å². The lowest BCUT2D eigenvalue weighted by atomic mass is 9.81. The van der Waals surface area contributed by atoms with Crippen LogP contribution >= 0.6 is 11.3 Å². The summed E-state index contributed by atoms with van der Waals surface area (Å²) in [5.74, 6) is 5.05. The lowest BCUT2D eigenvalue weighted by Gasteiger charge is -2.42. The topological polar surface area (TPSA) is 96.3 Å². The Labute approximate surface area is 230 Å². The van der Waals surface area contributed by atoms with E-state index < -0.39 is 11.6 Å². The summed E-state index contributed by atoms with van der Waals surface area (Å²) >= 11 is 1.13. The molecule has 0 bridgehead atoms. The number of hydrogen-bond donors (Lipinski definition) is 2. The first-order valence-electron chi connectivity index (χ1n) is 13.7. The summed E-state index contributed by atoms with van der Waals surface area (Å²) in [6.07, 6.45) is 7.41. The maximum Gasteiger partial charge on any atom is 0.348 e. The minimum absolute atomic E-state index is 0.0224. The predicted molar refractivity (Wildman–Crippen MR) is 149 cm³/mol. The van der Waals surface area contributed by atoms with Crippen molar-refractivity contribution in [2.45, 2.75) is 96.8 Å². The summed E-state index contributed by atoms with van der Waals surface area (Å²) in [5.41, 5.74) is 0.548. The van der Waals surface area contributed by atoms with E-state index in [4.69, 9.17) is 9.47 Å². The molecule has 1 saturated carbocycles. The van der Waals surface area contributed by atoms with Crippen molar-refractivity contribution in [1.82, 2.24) is 0 Å². The average molecular weight is 544 g/mol. The van der Waals surface area contributed by atoms with Gasteiger partial charge in [-0.25, -0.2) is 4.79 Å². The number of nitrogens with zero attached hydrogens (tertiary/aromatic N) is 1. The zero-order valence-electron chi connectivity index (χ0n) is 23.0. The normalized spacial score (nSPS) is 27.8. The molecule has 7 nitrogen and oxygen atoms in total. The number of hydrogen-bond acceptors (Lipinski definition) is 6. The SMILES string of the molecule is CC1=CC[C@H](C(=O)N(c2cc(C#CC(C)(C)C)sc2C(=O)O)[C@H]2CC[C@](O)(CO[C@@H]3CCOC3)CC2)CC1. The van der Waals surface area contributed by atoms with Gasteiger partial charge in [-0.1, -0.05) is 23.5 Å². The molecule has 8 heteroatoms. The van der Waals surface area contributed by atoms with Gasteiger partial charge in [0.25, 0.3) is 0 Å². The highest BCUT2D eigenvalue weighted by molar-refractivity contribution is 7.15. The molecule has 2 heterocycles. The summed E-state index contributed by atoms with van der Waals surface area (Å²) in [6, 6.07) is 1.58. The van der Waals surface area contributed by atoms with E-state index in [1.807, 2.05) is 20.8 Å². The second-order valence-corrected chi connectivity index (χ2v) is 13.2. The van der Waals surface area contributed by atoms with Crippen LogP contribution in [0.1, 0.15) is 93.6 Å². The monoisotopic (exact) mass is 543 g/mol. The van der Waals surface area contributed by atoms with Crippen LogP contribution < -0.4 is 4.90 Å². The van der Waals surface area contributed by atoms with Gasteiger partial charge >= 0.3 is 5.97 Å². The molecule has 0 radical (unpaired) electrons. The van der Waals surface area contributed by atoms with E-state index >= 15 is 0 Å². The van der Waals surface area contributed by atoms with Crippen LogP contribution in [0.2, 0.25) is 0 Å². The Morgan fingerprint density at radius 1 is 1.24 bits per heavy atom. The van der Waals surface area contributed by atoms with Gasteiger partial charge in [-0.2, -0.15) is 0 Å². The Hall–Kier alpha value is -2.18. The molecule has 38 heavy (non-hydrogen) atoms. The third kappa shape index (κ3) is 7.26.